The van der Waals surface area contributed by atoms with Crippen molar-refractivity contribution in [2.24, 2.45) is 0 Å². The summed E-state index contributed by atoms with van der Waals surface area (Å²) < 4.78 is 26.9. The van der Waals surface area contributed by atoms with Gasteiger partial charge in [-0.15, -0.1) is 0 Å². The number of anilines is 1. The van der Waals surface area contributed by atoms with E-state index in [0.29, 0.717) is 22.7 Å². The van der Waals surface area contributed by atoms with Crippen molar-refractivity contribution in [1.82, 2.24) is 10.2 Å². The maximum Gasteiger partial charge on any atom is 0.244 e. The van der Waals surface area contributed by atoms with Gasteiger partial charge in [0.1, 0.15) is 12.6 Å². The van der Waals surface area contributed by atoms with Crippen LogP contribution in [0.4, 0.5) is 5.69 Å². The molecule has 2 aromatic carbocycles. The number of hydrogen-bond acceptors (Lipinski definition) is 4. The fourth-order valence-corrected chi connectivity index (χ4v) is 6.03. The summed E-state index contributed by atoms with van der Waals surface area (Å²) in [6, 6.07) is 12.0. The van der Waals surface area contributed by atoms with Crippen LogP contribution in [0.25, 0.3) is 0 Å². The number of para-hydroxylation sites is 1. The van der Waals surface area contributed by atoms with Gasteiger partial charge in [-0.1, -0.05) is 67.8 Å². The molecule has 9 heteroatoms. The SMILES string of the molecule is CC[C@H](C(=O)NC1CCCC1)N(Cc1ccccc1Cl)C(=O)CN(c1c(C)cccc1C)S(C)(=O)=O. The Kier molecular flexibility index (Phi) is 9.41. The minimum Gasteiger partial charge on any atom is -0.352 e. The summed E-state index contributed by atoms with van der Waals surface area (Å²) in [5.41, 5.74) is 2.67. The van der Waals surface area contributed by atoms with Crippen molar-refractivity contribution in [3.8, 4) is 0 Å². The summed E-state index contributed by atoms with van der Waals surface area (Å²) in [7, 11) is -3.78. The number of carbonyl (C=O) groups excluding carboxylic acids is 2. The predicted molar refractivity (Wildman–Crippen MR) is 145 cm³/mol. The Balaban J connectivity index is 1.97. The number of nitrogens with zero attached hydrogens (tertiary/aromatic N) is 2. The highest BCUT2D eigenvalue weighted by Crippen LogP contribution is 2.28. The molecule has 0 aliphatic heterocycles. The van der Waals surface area contributed by atoms with Gasteiger partial charge in [-0.25, -0.2) is 8.42 Å². The van der Waals surface area contributed by atoms with Gasteiger partial charge in [-0.05, 0) is 55.9 Å². The third kappa shape index (κ3) is 6.79. The molecule has 0 spiro atoms. The van der Waals surface area contributed by atoms with E-state index >= 15 is 0 Å². The van der Waals surface area contributed by atoms with Crippen molar-refractivity contribution in [1.29, 1.82) is 0 Å². The second-order valence-corrected chi connectivity index (χ2v) is 11.9. The number of amides is 2. The summed E-state index contributed by atoms with van der Waals surface area (Å²) in [5.74, 6) is -0.681. The van der Waals surface area contributed by atoms with Crippen LogP contribution in [0.1, 0.15) is 55.7 Å². The zero-order chi connectivity index (χ0) is 26.5. The van der Waals surface area contributed by atoms with Gasteiger partial charge in [0.05, 0.1) is 11.9 Å². The van der Waals surface area contributed by atoms with Gasteiger partial charge in [-0.2, -0.15) is 0 Å². The summed E-state index contributed by atoms with van der Waals surface area (Å²) in [6.07, 6.45) is 5.47. The first-order valence-corrected chi connectivity index (χ1v) is 14.6. The lowest BCUT2D eigenvalue weighted by Crippen LogP contribution is -2.53. The Morgan fingerprint density at radius 2 is 1.67 bits per heavy atom. The minimum absolute atomic E-state index is 0.0967. The molecule has 1 fully saturated rings. The van der Waals surface area contributed by atoms with Crippen molar-refractivity contribution in [2.75, 3.05) is 17.1 Å². The van der Waals surface area contributed by atoms with Gasteiger partial charge in [-0.3, -0.25) is 13.9 Å². The van der Waals surface area contributed by atoms with Crippen molar-refractivity contribution in [2.45, 2.75) is 71.5 Å². The van der Waals surface area contributed by atoms with Crippen LogP contribution < -0.4 is 9.62 Å². The minimum atomic E-state index is -3.78. The monoisotopic (exact) mass is 533 g/mol. The molecule has 1 saturated carbocycles. The van der Waals surface area contributed by atoms with E-state index in [1.807, 2.05) is 51.1 Å². The molecule has 7 nitrogen and oxygen atoms in total. The van der Waals surface area contributed by atoms with Crippen LogP contribution in [-0.4, -0.2) is 50.0 Å². The lowest BCUT2D eigenvalue weighted by molar-refractivity contribution is -0.140. The first kappa shape index (κ1) is 28.0. The van der Waals surface area contributed by atoms with Crippen molar-refractivity contribution >= 4 is 39.1 Å². The van der Waals surface area contributed by atoms with Crippen LogP contribution >= 0.6 is 11.6 Å². The molecule has 0 heterocycles. The predicted octanol–water partition coefficient (Wildman–Crippen LogP) is 4.59. The average Bonchev–Trinajstić information content (AvgIpc) is 3.31. The highest BCUT2D eigenvalue weighted by molar-refractivity contribution is 7.92. The van der Waals surface area contributed by atoms with Crippen LogP contribution in [0, 0.1) is 13.8 Å². The van der Waals surface area contributed by atoms with E-state index in [9.17, 15) is 18.0 Å². The second-order valence-electron chi connectivity index (χ2n) is 9.54. The van der Waals surface area contributed by atoms with Crippen LogP contribution in [-0.2, 0) is 26.2 Å². The molecule has 3 rings (SSSR count). The number of carbonyl (C=O) groups is 2. The molecular weight excluding hydrogens is 498 g/mol. The third-order valence-electron chi connectivity index (χ3n) is 6.75. The van der Waals surface area contributed by atoms with Crippen LogP contribution in [0.5, 0.6) is 0 Å². The summed E-state index contributed by atoms with van der Waals surface area (Å²) in [5, 5.41) is 3.58. The van der Waals surface area contributed by atoms with Gasteiger partial charge < -0.3 is 10.2 Å². The van der Waals surface area contributed by atoms with Crippen LogP contribution in [0.15, 0.2) is 42.5 Å². The fraction of sp³-hybridized carbons (Fsp3) is 0.481. The van der Waals surface area contributed by atoms with Gasteiger partial charge >= 0.3 is 0 Å². The van der Waals surface area contributed by atoms with Gasteiger partial charge in [0.2, 0.25) is 21.8 Å². The fourth-order valence-electron chi connectivity index (χ4n) is 4.87. The number of nitrogens with one attached hydrogen (secondary N) is 1. The number of hydrogen-bond donors (Lipinski definition) is 1. The molecule has 0 radical (unpaired) electrons. The first-order chi connectivity index (χ1) is 17.0. The highest BCUT2D eigenvalue weighted by Gasteiger charge is 2.33. The molecule has 1 N–H and O–H groups in total. The van der Waals surface area contributed by atoms with E-state index in [0.717, 1.165) is 47.4 Å². The first-order valence-electron chi connectivity index (χ1n) is 12.4. The summed E-state index contributed by atoms with van der Waals surface area (Å²) in [6.45, 7) is 5.17. The lowest BCUT2D eigenvalue weighted by Gasteiger charge is -2.34. The smallest absolute Gasteiger partial charge is 0.244 e. The molecule has 2 amide bonds. The molecule has 36 heavy (non-hydrogen) atoms. The largest absolute Gasteiger partial charge is 0.352 e. The van der Waals surface area contributed by atoms with E-state index in [-0.39, 0.29) is 18.5 Å². The molecule has 1 aliphatic carbocycles. The van der Waals surface area contributed by atoms with E-state index in [4.69, 9.17) is 11.6 Å². The molecular formula is C27H36ClN3O4S. The Bertz CT molecular complexity index is 1180. The van der Waals surface area contributed by atoms with Crippen molar-refractivity contribution in [3.63, 3.8) is 0 Å². The van der Waals surface area contributed by atoms with E-state index < -0.39 is 28.5 Å². The molecule has 196 valence electrons. The number of rotatable bonds is 10. The second kappa shape index (κ2) is 12.1. The third-order valence-corrected chi connectivity index (χ3v) is 8.24. The van der Waals surface area contributed by atoms with Crippen LogP contribution in [0.2, 0.25) is 5.02 Å². The molecule has 0 aromatic heterocycles. The Labute approximate surface area is 219 Å². The molecule has 1 atom stereocenters. The molecule has 0 bridgehead atoms. The Hall–Kier alpha value is -2.58. The topological polar surface area (TPSA) is 86.8 Å². The van der Waals surface area contributed by atoms with Gasteiger partial charge in [0, 0.05) is 17.6 Å². The number of aryl methyl sites for hydroxylation is 2. The zero-order valence-corrected chi connectivity index (χ0v) is 23.0. The average molecular weight is 534 g/mol. The quantitative estimate of drug-likeness (QED) is 0.484. The van der Waals surface area contributed by atoms with Gasteiger partial charge in [0.15, 0.2) is 0 Å². The molecule has 1 aliphatic rings. The van der Waals surface area contributed by atoms with E-state index in [1.54, 1.807) is 12.1 Å². The van der Waals surface area contributed by atoms with Crippen molar-refractivity contribution in [3.05, 3.63) is 64.2 Å². The van der Waals surface area contributed by atoms with Crippen molar-refractivity contribution < 1.29 is 18.0 Å². The van der Waals surface area contributed by atoms with Crippen LogP contribution in [0.3, 0.4) is 0 Å². The zero-order valence-electron chi connectivity index (χ0n) is 21.5. The molecule has 0 saturated heterocycles. The summed E-state index contributed by atoms with van der Waals surface area (Å²) in [4.78, 5) is 28.7. The maximum atomic E-state index is 13.9. The number of benzene rings is 2. The standard InChI is InChI=1S/C27H36ClN3O4S/c1-5-24(27(33)29-22-14-7-8-15-22)30(17-21-13-6-9-16-23(21)28)25(32)18-31(36(4,34)35)26-19(2)11-10-12-20(26)3/h6,9-13,16,22,24H,5,7-8,14-15,17-18H2,1-4H3,(H,29,33)/t24-/m1/s1. The number of halogens is 1. The van der Waals surface area contributed by atoms with Gasteiger partial charge in [0.25, 0.3) is 0 Å². The lowest BCUT2D eigenvalue weighted by atomic mass is 10.1. The van der Waals surface area contributed by atoms with E-state index in [2.05, 4.69) is 5.32 Å². The number of sulfonamides is 1. The maximum absolute atomic E-state index is 13.9. The Morgan fingerprint density at radius 1 is 1.06 bits per heavy atom. The normalized spacial score (nSPS) is 14.9. The van der Waals surface area contributed by atoms with E-state index in [1.165, 1.54) is 4.90 Å². The molecule has 0 unspecified atom stereocenters. The highest BCUT2D eigenvalue weighted by atomic mass is 35.5. The molecule has 2 aromatic rings. The Morgan fingerprint density at radius 3 is 2.22 bits per heavy atom. The summed E-state index contributed by atoms with van der Waals surface area (Å²) >= 11 is 6.41.